The number of nitrogens with one attached hydrogen (secondary N) is 2. The Kier molecular flexibility index (Phi) is 7.44. The Hall–Kier alpha value is -3.13. The van der Waals surface area contributed by atoms with E-state index in [2.05, 4.69) is 20.2 Å². The van der Waals surface area contributed by atoms with E-state index in [-0.39, 0.29) is 17.5 Å². The lowest BCUT2D eigenvalue weighted by molar-refractivity contribution is -0.127. The number of aromatic amines is 1. The summed E-state index contributed by atoms with van der Waals surface area (Å²) < 4.78 is 5.26. The fraction of sp³-hybridized carbons (Fsp3) is 0.480. The summed E-state index contributed by atoms with van der Waals surface area (Å²) in [5, 5.41) is 3.02. The third-order valence-corrected chi connectivity index (χ3v) is 6.35. The molecule has 0 spiro atoms. The van der Waals surface area contributed by atoms with E-state index in [4.69, 9.17) is 4.74 Å². The van der Waals surface area contributed by atoms with Crippen molar-refractivity contribution in [2.24, 2.45) is 5.92 Å². The van der Waals surface area contributed by atoms with Gasteiger partial charge in [0.2, 0.25) is 11.8 Å². The lowest BCUT2D eigenvalue weighted by Crippen LogP contribution is -2.51. The van der Waals surface area contributed by atoms with Crippen LogP contribution in [-0.4, -0.2) is 67.2 Å². The summed E-state index contributed by atoms with van der Waals surface area (Å²) in [5.74, 6) is 1.17. The molecule has 1 amide bonds. The lowest BCUT2D eigenvalue weighted by Gasteiger charge is -2.40. The highest BCUT2D eigenvalue weighted by Gasteiger charge is 2.33. The molecule has 1 atom stereocenters. The van der Waals surface area contributed by atoms with Gasteiger partial charge >= 0.3 is 0 Å². The van der Waals surface area contributed by atoms with Gasteiger partial charge in [0.1, 0.15) is 5.69 Å². The first-order valence-electron chi connectivity index (χ1n) is 11.7. The average molecular weight is 452 g/mol. The number of aromatic nitrogens is 2. The predicted molar refractivity (Wildman–Crippen MR) is 130 cm³/mol. The predicted octanol–water partition coefficient (Wildman–Crippen LogP) is 2.43. The van der Waals surface area contributed by atoms with Crippen LogP contribution in [0.15, 0.2) is 47.5 Å². The van der Waals surface area contributed by atoms with Crippen LogP contribution < -0.4 is 20.5 Å². The number of carbonyl (C=O) groups is 1. The van der Waals surface area contributed by atoms with Crippen LogP contribution in [0.4, 0.5) is 5.69 Å². The van der Waals surface area contributed by atoms with Crippen LogP contribution in [0.5, 0.6) is 5.88 Å². The van der Waals surface area contributed by atoms with E-state index in [9.17, 15) is 9.59 Å². The number of hydrogen-bond donors (Lipinski definition) is 2. The van der Waals surface area contributed by atoms with Crippen molar-refractivity contribution in [2.45, 2.75) is 31.7 Å². The van der Waals surface area contributed by atoms with Crippen LogP contribution in [-0.2, 0) is 4.79 Å². The first-order chi connectivity index (χ1) is 16.1. The van der Waals surface area contributed by atoms with Gasteiger partial charge in [-0.1, -0.05) is 6.08 Å². The molecule has 33 heavy (non-hydrogen) atoms. The van der Waals surface area contributed by atoms with Crippen LogP contribution in [0.3, 0.4) is 0 Å². The van der Waals surface area contributed by atoms with Crippen LogP contribution in [0, 0.1) is 5.92 Å². The number of methoxy groups -OCH3 is 1. The van der Waals surface area contributed by atoms with Crippen LogP contribution in [0.1, 0.15) is 25.7 Å². The quantitative estimate of drug-likeness (QED) is 0.569. The Morgan fingerprint density at radius 1 is 1.33 bits per heavy atom. The molecule has 0 bridgehead atoms. The monoisotopic (exact) mass is 451 g/mol. The topological polar surface area (TPSA) is 90.6 Å². The molecule has 4 rings (SSSR count). The maximum absolute atomic E-state index is 13.0. The van der Waals surface area contributed by atoms with E-state index >= 15 is 0 Å². The highest BCUT2D eigenvalue weighted by molar-refractivity contribution is 5.87. The zero-order valence-electron chi connectivity index (χ0n) is 19.4. The number of rotatable bonds is 9. The molecule has 2 fully saturated rings. The smallest absolute Gasteiger partial charge is 0.271 e. The standard InChI is InChI=1S/C25H33N5O3/c1-26-10-3-6-24(31)29-12-4-5-21(17-29)30(16-18-7-8-18)22-13-20(15-28-25(22)32)19-9-11-27-23(14-19)33-2/h3,6,9,11,13-15,18,21,26H,4-5,7-8,10,12,16-17H2,1-2H3,(H,28,32)/t21-/m0/s1. The maximum Gasteiger partial charge on any atom is 0.271 e. The summed E-state index contributed by atoms with van der Waals surface area (Å²) >= 11 is 0. The molecule has 3 heterocycles. The summed E-state index contributed by atoms with van der Waals surface area (Å²) in [6, 6.07) is 5.85. The van der Waals surface area contributed by atoms with Crippen molar-refractivity contribution in [3.8, 4) is 17.0 Å². The second-order valence-electron chi connectivity index (χ2n) is 8.83. The van der Waals surface area contributed by atoms with E-state index in [1.54, 1.807) is 25.6 Å². The number of likely N-dealkylation sites (N-methyl/N-ethyl adjacent to an activating group) is 1. The van der Waals surface area contributed by atoms with E-state index in [0.29, 0.717) is 30.6 Å². The van der Waals surface area contributed by atoms with Crippen molar-refractivity contribution in [1.82, 2.24) is 20.2 Å². The molecule has 1 aliphatic heterocycles. The average Bonchev–Trinajstić information content (AvgIpc) is 3.67. The van der Waals surface area contributed by atoms with Gasteiger partial charge in [0, 0.05) is 62.3 Å². The number of pyridine rings is 2. The Morgan fingerprint density at radius 3 is 2.94 bits per heavy atom. The van der Waals surface area contributed by atoms with Gasteiger partial charge < -0.3 is 24.8 Å². The number of likely N-dealkylation sites (tertiary alicyclic amines) is 1. The normalized spacial score (nSPS) is 18.5. The molecular formula is C25H33N5O3. The number of hydrogen-bond acceptors (Lipinski definition) is 6. The molecular weight excluding hydrogens is 418 g/mol. The summed E-state index contributed by atoms with van der Waals surface area (Å²) in [5.41, 5.74) is 2.41. The largest absolute Gasteiger partial charge is 0.481 e. The Labute approximate surface area is 194 Å². The summed E-state index contributed by atoms with van der Waals surface area (Å²) in [7, 11) is 3.45. The third kappa shape index (κ3) is 5.82. The molecule has 2 N–H and O–H groups in total. The molecule has 2 aliphatic rings. The van der Waals surface area contributed by atoms with Crippen LogP contribution in [0.2, 0.25) is 0 Å². The van der Waals surface area contributed by atoms with Gasteiger partial charge in [0.25, 0.3) is 5.56 Å². The zero-order valence-corrected chi connectivity index (χ0v) is 19.4. The van der Waals surface area contributed by atoms with Crippen molar-refractivity contribution in [3.63, 3.8) is 0 Å². The van der Waals surface area contributed by atoms with E-state index in [1.165, 1.54) is 12.8 Å². The third-order valence-electron chi connectivity index (χ3n) is 6.35. The fourth-order valence-electron chi connectivity index (χ4n) is 4.37. The number of ether oxygens (including phenoxy) is 1. The van der Waals surface area contributed by atoms with E-state index in [0.717, 1.165) is 37.1 Å². The van der Waals surface area contributed by atoms with Crippen molar-refractivity contribution in [3.05, 3.63) is 53.1 Å². The Morgan fingerprint density at radius 2 is 2.18 bits per heavy atom. The van der Waals surface area contributed by atoms with Gasteiger partial charge in [-0.2, -0.15) is 0 Å². The molecule has 176 valence electrons. The number of amides is 1. The van der Waals surface area contributed by atoms with E-state index in [1.807, 2.05) is 36.2 Å². The number of carbonyl (C=O) groups excluding carboxylic acids is 1. The minimum Gasteiger partial charge on any atom is -0.481 e. The van der Waals surface area contributed by atoms with Gasteiger partial charge in [-0.25, -0.2) is 4.98 Å². The molecule has 8 nitrogen and oxygen atoms in total. The molecule has 1 aliphatic carbocycles. The van der Waals surface area contributed by atoms with Gasteiger partial charge in [-0.05, 0) is 56.3 Å². The first-order valence-corrected chi connectivity index (χ1v) is 11.7. The highest BCUT2D eigenvalue weighted by Crippen LogP contribution is 2.34. The van der Waals surface area contributed by atoms with Gasteiger partial charge in [0.15, 0.2) is 0 Å². The summed E-state index contributed by atoms with van der Waals surface area (Å²) in [6.45, 7) is 2.89. The summed E-state index contributed by atoms with van der Waals surface area (Å²) in [6.07, 6.45) is 11.2. The number of anilines is 1. The molecule has 0 radical (unpaired) electrons. The van der Waals surface area contributed by atoms with Crippen molar-refractivity contribution >= 4 is 11.6 Å². The molecule has 2 aromatic rings. The van der Waals surface area contributed by atoms with Gasteiger partial charge in [-0.15, -0.1) is 0 Å². The Bertz CT molecular complexity index is 1050. The molecule has 8 heteroatoms. The number of H-pyrrole nitrogens is 1. The molecule has 0 unspecified atom stereocenters. The zero-order chi connectivity index (χ0) is 23.2. The molecule has 1 saturated carbocycles. The minimum atomic E-state index is -0.0993. The van der Waals surface area contributed by atoms with Crippen molar-refractivity contribution < 1.29 is 9.53 Å². The number of nitrogens with zero attached hydrogens (tertiary/aromatic N) is 3. The van der Waals surface area contributed by atoms with Gasteiger partial charge in [0.05, 0.1) is 7.11 Å². The van der Waals surface area contributed by atoms with Crippen LogP contribution >= 0.6 is 0 Å². The molecule has 0 aromatic carbocycles. The lowest BCUT2D eigenvalue weighted by atomic mass is 10.0. The summed E-state index contributed by atoms with van der Waals surface area (Å²) in [4.78, 5) is 36.9. The van der Waals surface area contributed by atoms with Crippen LogP contribution in [0.25, 0.3) is 11.1 Å². The van der Waals surface area contributed by atoms with Crippen molar-refractivity contribution in [1.29, 1.82) is 0 Å². The maximum atomic E-state index is 13.0. The fourth-order valence-corrected chi connectivity index (χ4v) is 4.37. The molecule has 2 aromatic heterocycles. The highest BCUT2D eigenvalue weighted by atomic mass is 16.5. The molecule has 1 saturated heterocycles. The van der Waals surface area contributed by atoms with Gasteiger partial charge in [-0.3, -0.25) is 9.59 Å². The second kappa shape index (κ2) is 10.7. The Balaban J connectivity index is 1.60. The first kappa shape index (κ1) is 23.0. The van der Waals surface area contributed by atoms with Crippen molar-refractivity contribution in [2.75, 3.05) is 45.2 Å². The van der Waals surface area contributed by atoms with E-state index < -0.39 is 0 Å². The SMILES string of the molecule is CNCC=CC(=O)N1CCC[C@H](N(CC2CC2)c2cc(-c3ccnc(OC)c3)c[nH]c2=O)C1. The second-order valence-corrected chi connectivity index (χ2v) is 8.83. The minimum absolute atomic E-state index is 0.0351. The number of piperidine rings is 1.